The summed E-state index contributed by atoms with van der Waals surface area (Å²) in [7, 11) is 0. The minimum atomic E-state index is -4.71. The Labute approximate surface area is 141 Å². The van der Waals surface area contributed by atoms with Crippen LogP contribution in [0.3, 0.4) is 0 Å². The molecule has 1 N–H and O–H groups in total. The van der Waals surface area contributed by atoms with E-state index in [1.165, 1.54) is 12.3 Å². The largest absolute Gasteiger partial charge is 0.591 e. The van der Waals surface area contributed by atoms with E-state index in [1.54, 1.807) is 32.9 Å². The fraction of sp³-hybridized carbons (Fsp3) is 0.533. The molecule has 0 radical (unpaired) electrons. The Bertz CT molecular complexity index is 586. The molecule has 0 aromatic carbocycles. The van der Waals surface area contributed by atoms with Crippen molar-refractivity contribution in [3.63, 3.8) is 0 Å². The maximum absolute atomic E-state index is 13.1. The molecule has 9 heteroatoms. The lowest BCUT2D eigenvalue weighted by Crippen LogP contribution is -2.31. The molecule has 0 aliphatic carbocycles. The van der Waals surface area contributed by atoms with Crippen molar-refractivity contribution in [3.05, 3.63) is 30.1 Å². The van der Waals surface area contributed by atoms with E-state index in [1.807, 2.05) is 0 Å². The van der Waals surface area contributed by atoms with E-state index in [4.69, 9.17) is 5.11 Å². The van der Waals surface area contributed by atoms with Gasteiger partial charge in [0, 0.05) is 12.6 Å². The third kappa shape index (κ3) is 6.48. The van der Waals surface area contributed by atoms with Crippen LogP contribution in [0.5, 0.6) is 0 Å². The Morgan fingerprint density at radius 1 is 1.33 bits per heavy atom. The van der Waals surface area contributed by atoms with Gasteiger partial charge in [-0.2, -0.15) is 13.2 Å². The van der Waals surface area contributed by atoms with Crippen LogP contribution in [0.4, 0.5) is 13.2 Å². The highest BCUT2D eigenvalue weighted by Crippen LogP contribution is 2.33. The number of hydrogen-bond acceptors (Lipinski definition) is 4. The van der Waals surface area contributed by atoms with E-state index in [0.29, 0.717) is 0 Å². The molecule has 0 bridgehead atoms. The first-order valence-corrected chi connectivity index (χ1v) is 8.21. The van der Waals surface area contributed by atoms with E-state index in [2.05, 4.69) is 9.38 Å². The van der Waals surface area contributed by atoms with Gasteiger partial charge in [-0.1, -0.05) is 10.5 Å². The monoisotopic (exact) mass is 364 g/mol. The first-order valence-electron chi connectivity index (χ1n) is 7.10. The van der Waals surface area contributed by atoms with Gasteiger partial charge in [0.15, 0.2) is 0 Å². The van der Waals surface area contributed by atoms with E-state index in [9.17, 15) is 22.5 Å². The molecular weight excluding hydrogens is 345 g/mol. The van der Waals surface area contributed by atoms with Crippen molar-refractivity contribution in [2.24, 2.45) is 10.3 Å². The second-order valence-corrected chi connectivity index (χ2v) is 8.06. The minimum Gasteiger partial charge on any atom is -0.591 e. The average molecular weight is 364 g/mol. The van der Waals surface area contributed by atoms with E-state index >= 15 is 0 Å². The fourth-order valence-electron chi connectivity index (χ4n) is 1.71. The van der Waals surface area contributed by atoms with Gasteiger partial charge in [-0.25, -0.2) is 0 Å². The molecule has 0 saturated carbocycles. The summed E-state index contributed by atoms with van der Waals surface area (Å²) >= 11 is -1.79. The highest BCUT2D eigenvalue weighted by Gasteiger charge is 2.42. The van der Waals surface area contributed by atoms with Gasteiger partial charge in [-0.15, -0.1) is 0 Å². The van der Waals surface area contributed by atoms with Gasteiger partial charge in [0.25, 0.3) is 0 Å². The molecule has 1 aromatic rings. The lowest BCUT2D eigenvalue weighted by atomic mass is 9.96. The summed E-state index contributed by atoms with van der Waals surface area (Å²) in [5.74, 6) is -3.69. The number of halogens is 3. The molecule has 0 saturated heterocycles. The summed E-state index contributed by atoms with van der Waals surface area (Å²) in [5, 5.41) is 8.73. The lowest BCUT2D eigenvalue weighted by molar-refractivity contribution is -0.181. The van der Waals surface area contributed by atoms with Gasteiger partial charge in [0.1, 0.15) is 21.8 Å². The van der Waals surface area contributed by atoms with E-state index in [0.717, 1.165) is 0 Å². The number of carbonyl (C=O) groups is 1. The Hall–Kier alpha value is -1.61. The molecule has 24 heavy (non-hydrogen) atoms. The molecule has 1 heterocycles. The number of nitrogens with zero attached hydrogens (tertiary/aromatic N) is 2. The van der Waals surface area contributed by atoms with Crippen LogP contribution in [0.2, 0.25) is 0 Å². The van der Waals surface area contributed by atoms with E-state index in [-0.39, 0.29) is 11.4 Å². The molecular formula is C15H19F3N2O3S. The topological polar surface area (TPSA) is 85.6 Å². The van der Waals surface area contributed by atoms with Crippen LogP contribution in [-0.4, -0.2) is 37.2 Å². The summed E-state index contributed by atoms with van der Waals surface area (Å²) in [6.45, 7) is 4.92. The van der Waals surface area contributed by atoms with Crippen molar-refractivity contribution < 1.29 is 27.6 Å². The predicted octanol–water partition coefficient (Wildman–Crippen LogP) is 3.38. The van der Waals surface area contributed by atoms with Crippen LogP contribution in [-0.2, 0) is 16.2 Å². The quantitative estimate of drug-likeness (QED) is 0.619. The van der Waals surface area contributed by atoms with Crippen molar-refractivity contribution in [1.29, 1.82) is 0 Å². The standard InChI is InChI=1S/C15H19F3N2O3S/c1-14(2,3)24(23)20-12(11-6-4-5-7-19-11)8-10(9-13(21)22)15(16,17)18/h4-7,10H,8-9H2,1-3H3,(H,21,22)/t10-,24-/m1/s1. The van der Waals surface area contributed by atoms with Gasteiger partial charge in [-0.3, -0.25) is 9.78 Å². The zero-order valence-electron chi connectivity index (χ0n) is 13.5. The second-order valence-electron chi connectivity index (χ2n) is 6.16. The zero-order chi connectivity index (χ0) is 18.5. The van der Waals surface area contributed by atoms with Crippen LogP contribution < -0.4 is 0 Å². The SMILES string of the molecule is CC(C)(C)[S@@+]([O-])N=C(C[C@H](CC(=O)O)C(F)(F)F)c1ccccn1. The summed E-state index contributed by atoms with van der Waals surface area (Å²) in [6.07, 6.45) is -5.12. The molecule has 0 amide bonds. The lowest BCUT2D eigenvalue weighted by Gasteiger charge is -2.22. The molecule has 0 spiro atoms. The molecule has 0 unspecified atom stereocenters. The van der Waals surface area contributed by atoms with Crippen LogP contribution in [0.25, 0.3) is 0 Å². The Balaban J connectivity index is 3.22. The third-order valence-electron chi connectivity index (χ3n) is 3.00. The molecule has 0 fully saturated rings. The van der Waals surface area contributed by atoms with Gasteiger partial charge in [-0.05, 0) is 32.9 Å². The molecule has 1 rings (SSSR count). The average Bonchev–Trinajstić information content (AvgIpc) is 2.44. The second kappa shape index (κ2) is 7.98. The smallest absolute Gasteiger partial charge is 0.392 e. The summed E-state index contributed by atoms with van der Waals surface area (Å²) in [6, 6.07) is 4.60. The Morgan fingerprint density at radius 3 is 2.38 bits per heavy atom. The summed E-state index contributed by atoms with van der Waals surface area (Å²) < 4.78 is 54.7. The molecule has 0 aliphatic heterocycles. The number of pyridine rings is 1. The number of aliphatic carboxylic acids is 1. The molecule has 2 atom stereocenters. The number of carboxylic acids is 1. The van der Waals surface area contributed by atoms with Crippen molar-refractivity contribution in [1.82, 2.24) is 4.98 Å². The molecule has 134 valence electrons. The van der Waals surface area contributed by atoms with Crippen molar-refractivity contribution in [2.75, 3.05) is 0 Å². The van der Waals surface area contributed by atoms with Gasteiger partial charge in [0.05, 0.1) is 18.0 Å². The first kappa shape index (κ1) is 20.4. The number of carboxylic acid groups (broad SMARTS) is 1. The Morgan fingerprint density at radius 2 is 1.96 bits per heavy atom. The zero-order valence-corrected chi connectivity index (χ0v) is 14.3. The number of aromatic nitrogens is 1. The predicted molar refractivity (Wildman–Crippen MR) is 85.1 cm³/mol. The molecule has 1 aromatic heterocycles. The third-order valence-corrected chi connectivity index (χ3v) is 4.44. The van der Waals surface area contributed by atoms with Crippen LogP contribution in [0, 0.1) is 5.92 Å². The minimum absolute atomic E-state index is 0.118. The van der Waals surface area contributed by atoms with Gasteiger partial charge >= 0.3 is 12.1 Å². The highest BCUT2D eigenvalue weighted by atomic mass is 32.2. The maximum atomic E-state index is 13.1. The summed E-state index contributed by atoms with van der Waals surface area (Å²) in [5.41, 5.74) is 0.0298. The first-order chi connectivity index (χ1) is 10.9. The molecule has 0 aliphatic rings. The van der Waals surface area contributed by atoms with E-state index < -0.39 is 47.0 Å². The highest BCUT2D eigenvalue weighted by molar-refractivity contribution is 7.91. The van der Waals surface area contributed by atoms with Crippen molar-refractivity contribution >= 4 is 23.0 Å². The summed E-state index contributed by atoms with van der Waals surface area (Å²) in [4.78, 5) is 14.7. The van der Waals surface area contributed by atoms with Crippen LogP contribution in [0.1, 0.15) is 39.3 Å². The van der Waals surface area contributed by atoms with Crippen LogP contribution >= 0.6 is 0 Å². The van der Waals surface area contributed by atoms with Gasteiger partial charge < -0.3 is 9.66 Å². The normalized spacial score (nSPS) is 15.9. The fourth-order valence-corrected chi connectivity index (χ4v) is 2.35. The number of alkyl halides is 3. The van der Waals surface area contributed by atoms with Crippen molar-refractivity contribution in [2.45, 2.75) is 44.5 Å². The Kier molecular flexibility index (Phi) is 6.79. The van der Waals surface area contributed by atoms with Crippen molar-refractivity contribution in [3.8, 4) is 0 Å². The van der Waals surface area contributed by atoms with Gasteiger partial charge in [0.2, 0.25) is 0 Å². The van der Waals surface area contributed by atoms with Crippen LogP contribution in [0.15, 0.2) is 28.8 Å². The number of rotatable bonds is 6. The maximum Gasteiger partial charge on any atom is 0.392 e. The molecule has 5 nitrogen and oxygen atoms in total. The number of hydrogen-bond donors (Lipinski definition) is 1.